The highest BCUT2D eigenvalue weighted by molar-refractivity contribution is 7.19. The van der Waals surface area contributed by atoms with Gasteiger partial charge in [0.2, 0.25) is 0 Å². The van der Waals surface area contributed by atoms with Crippen molar-refractivity contribution in [3.05, 3.63) is 79.5 Å². The van der Waals surface area contributed by atoms with Gasteiger partial charge in [0.05, 0.1) is 31.7 Å². The number of esters is 1. The highest BCUT2D eigenvalue weighted by atomic mass is 32.1. The van der Waals surface area contributed by atoms with E-state index in [2.05, 4.69) is 43.8 Å². The van der Waals surface area contributed by atoms with E-state index in [1.807, 2.05) is 6.92 Å². The molecule has 15 heteroatoms. The standard InChI is InChI=1S/C37H43N9O5S/c1-22-17-44(26-19-50-20-26)12-13-45(22)23(2)40-16-33(38-4)42-31-14-25(18-43(5)36(31)48)27-10-11-39-35(30(27)21-51-24(3)47)46-37(49)34-29(15-41-46)28-8-6-7-9-32(28)52-34/h10-11,14-16,18,22,26,42H,4,6-9,12-13,17,19-21H2,1-3,5H3/b33-16+,40-23+/t22-/m0/s1. The fourth-order valence-electron chi connectivity index (χ4n) is 7.21. The summed E-state index contributed by atoms with van der Waals surface area (Å²) in [7, 11) is 1.65. The number of piperazine rings is 1. The number of ether oxygens (including phenoxy) is 2. The van der Waals surface area contributed by atoms with Gasteiger partial charge in [-0.3, -0.25) is 19.3 Å². The number of fused-ring (bicyclic) bond motifs is 3. The monoisotopic (exact) mass is 725 g/mol. The smallest absolute Gasteiger partial charge is 0.302 e. The number of amidine groups is 1. The van der Waals surface area contributed by atoms with E-state index < -0.39 is 5.97 Å². The third-order valence-corrected chi connectivity index (χ3v) is 11.4. The molecule has 0 unspecified atom stereocenters. The highest BCUT2D eigenvalue weighted by Crippen LogP contribution is 2.35. The van der Waals surface area contributed by atoms with Gasteiger partial charge < -0.3 is 24.3 Å². The van der Waals surface area contributed by atoms with Gasteiger partial charge in [-0.15, -0.1) is 11.3 Å². The lowest BCUT2D eigenvalue weighted by Gasteiger charge is -2.46. The molecular weight excluding hydrogens is 683 g/mol. The Morgan fingerprint density at radius 2 is 2.00 bits per heavy atom. The zero-order valence-corrected chi connectivity index (χ0v) is 30.7. The van der Waals surface area contributed by atoms with Crippen molar-refractivity contribution in [2.75, 3.05) is 38.2 Å². The maximum atomic E-state index is 13.9. The summed E-state index contributed by atoms with van der Waals surface area (Å²) in [4.78, 5) is 58.7. The maximum absolute atomic E-state index is 13.9. The Hall–Kier alpha value is -4.99. The Balaban J connectivity index is 1.21. The summed E-state index contributed by atoms with van der Waals surface area (Å²) in [5.41, 5.74) is 2.55. The largest absolute Gasteiger partial charge is 0.461 e. The van der Waals surface area contributed by atoms with Crippen LogP contribution in [0.1, 0.15) is 49.6 Å². The van der Waals surface area contributed by atoms with Gasteiger partial charge in [0.15, 0.2) is 5.82 Å². The predicted molar refractivity (Wildman–Crippen MR) is 203 cm³/mol. The van der Waals surface area contributed by atoms with Gasteiger partial charge in [-0.05, 0) is 69.5 Å². The molecule has 3 aliphatic rings. The highest BCUT2D eigenvalue weighted by Gasteiger charge is 2.32. The number of nitrogens with one attached hydrogen (secondary N) is 1. The van der Waals surface area contributed by atoms with Crippen LogP contribution in [0.4, 0.5) is 5.69 Å². The van der Waals surface area contributed by atoms with Crippen LogP contribution in [0.15, 0.2) is 62.3 Å². The second kappa shape index (κ2) is 14.9. The molecular formula is C37H43N9O5S. The van der Waals surface area contributed by atoms with E-state index in [0.717, 1.165) is 69.8 Å². The SMILES string of the molecule is C=N/C(=C\N=C(/C)N1CCN(C2COC2)C[C@@H]1C)Nc1cc(-c2ccnc(-n3ncc4c5c(sc4c3=O)CCCC5)c2COC(C)=O)cn(C)c1=O. The normalized spacial score (nSPS) is 18.6. The number of aromatic nitrogens is 4. The topological polar surface area (TPSA) is 149 Å². The van der Waals surface area contributed by atoms with Gasteiger partial charge in [0, 0.05) is 73.4 Å². The Morgan fingerprint density at radius 1 is 1.19 bits per heavy atom. The van der Waals surface area contributed by atoms with E-state index in [-0.39, 0.29) is 35.3 Å². The molecule has 14 nitrogen and oxygen atoms in total. The van der Waals surface area contributed by atoms with Crippen molar-refractivity contribution in [2.45, 2.75) is 65.1 Å². The number of pyridine rings is 2. The van der Waals surface area contributed by atoms with Crippen molar-refractivity contribution in [3.63, 3.8) is 0 Å². The number of rotatable bonds is 9. The van der Waals surface area contributed by atoms with Crippen LogP contribution >= 0.6 is 11.3 Å². The van der Waals surface area contributed by atoms with Gasteiger partial charge in [-0.1, -0.05) is 0 Å². The minimum Gasteiger partial charge on any atom is -0.461 e. The van der Waals surface area contributed by atoms with Crippen LogP contribution in [0.5, 0.6) is 0 Å². The van der Waals surface area contributed by atoms with Crippen molar-refractivity contribution in [1.82, 2.24) is 29.1 Å². The first-order valence-corrected chi connectivity index (χ1v) is 18.4. The number of carbonyl (C=O) groups is 1. The van der Waals surface area contributed by atoms with Gasteiger partial charge in [0.25, 0.3) is 11.1 Å². The number of carbonyl (C=O) groups excluding carboxylic acids is 1. The third-order valence-electron chi connectivity index (χ3n) is 10.1. The molecule has 0 saturated carbocycles. The number of hydrogen-bond acceptors (Lipinski definition) is 12. The van der Waals surface area contributed by atoms with Gasteiger partial charge in [-0.2, -0.15) is 9.78 Å². The molecule has 0 amide bonds. The second-order valence-corrected chi connectivity index (χ2v) is 14.6. The summed E-state index contributed by atoms with van der Waals surface area (Å²) in [6, 6.07) is 4.22. The van der Waals surface area contributed by atoms with Crippen molar-refractivity contribution in [3.8, 4) is 16.9 Å². The number of hydrogen-bond donors (Lipinski definition) is 1. The molecule has 1 aliphatic carbocycles. The fourth-order valence-corrected chi connectivity index (χ4v) is 8.50. The number of aryl methyl sites for hydroxylation is 3. The van der Waals surface area contributed by atoms with Crippen LogP contribution in [0.3, 0.4) is 0 Å². The molecule has 4 aromatic rings. The first kappa shape index (κ1) is 35.4. The fraction of sp³-hybridized carbons (Fsp3) is 0.432. The molecule has 0 radical (unpaired) electrons. The van der Waals surface area contributed by atoms with Crippen molar-refractivity contribution >= 4 is 45.6 Å². The van der Waals surface area contributed by atoms with Crippen LogP contribution in [0.25, 0.3) is 27.0 Å². The molecule has 6 heterocycles. The molecule has 0 spiro atoms. The molecule has 1 N–H and O–H groups in total. The molecule has 52 heavy (non-hydrogen) atoms. The van der Waals surface area contributed by atoms with E-state index in [4.69, 9.17) is 14.5 Å². The predicted octanol–water partition coefficient (Wildman–Crippen LogP) is 3.88. The number of thiophene rings is 1. The quantitative estimate of drug-likeness (QED) is 0.153. The minimum atomic E-state index is -0.489. The molecule has 2 saturated heterocycles. The Bertz CT molecular complexity index is 2220. The van der Waals surface area contributed by atoms with E-state index in [1.54, 1.807) is 44.0 Å². The molecule has 0 bridgehead atoms. The van der Waals surface area contributed by atoms with Crippen LogP contribution in [0, 0.1) is 0 Å². The van der Waals surface area contributed by atoms with E-state index in [0.29, 0.717) is 33.3 Å². The average molecular weight is 726 g/mol. The molecule has 272 valence electrons. The van der Waals surface area contributed by atoms with Gasteiger partial charge >= 0.3 is 5.97 Å². The zero-order chi connectivity index (χ0) is 36.5. The summed E-state index contributed by atoms with van der Waals surface area (Å²) >= 11 is 1.52. The minimum absolute atomic E-state index is 0.166. The molecule has 0 aromatic carbocycles. The summed E-state index contributed by atoms with van der Waals surface area (Å²) in [5.74, 6) is 0.891. The molecule has 2 fully saturated rings. The van der Waals surface area contributed by atoms with Crippen LogP contribution in [0.2, 0.25) is 0 Å². The summed E-state index contributed by atoms with van der Waals surface area (Å²) in [5, 5.41) is 8.56. The maximum Gasteiger partial charge on any atom is 0.302 e. The Kier molecular flexibility index (Phi) is 10.2. The number of aliphatic imine (C=N–C) groups is 2. The van der Waals surface area contributed by atoms with Crippen molar-refractivity contribution in [1.29, 1.82) is 0 Å². The van der Waals surface area contributed by atoms with E-state index >= 15 is 0 Å². The Labute approximate surface area is 305 Å². The lowest BCUT2D eigenvalue weighted by molar-refractivity contribution is -0.142. The van der Waals surface area contributed by atoms with Gasteiger partial charge in [0.1, 0.15) is 28.7 Å². The number of nitrogens with zero attached hydrogens (tertiary/aromatic N) is 8. The summed E-state index contributed by atoms with van der Waals surface area (Å²) in [6.45, 7) is 13.3. The van der Waals surface area contributed by atoms with Crippen LogP contribution < -0.4 is 16.4 Å². The van der Waals surface area contributed by atoms with Crippen molar-refractivity contribution in [2.24, 2.45) is 17.0 Å². The average Bonchev–Trinajstić information content (AvgIpc) is 3.50. The molecule has 1 atom stereocenters. The van der Waals surface area contributed by atoms with Crippen LogP contribution in [-0.4, -0.2) is 92.6 Å². The first-order chi connectivity index (χ1) is 25.1. The Morgan fingerprint density at radius 3 is 2.73 bits per heavy atom. The van der Waals surface area contributed by atoms with Gasteiger partial charge in [-0.25, -0.2) is 15.0 Å². The zero-order valence-electron chi connectivity index (χ0n) is 29.9. The number of anilines is 1. The molecule has 7 rings (SSSR count). The lowest BCUT2D eigenvalue weighted by atomic mass is 9.97. The summed E-state index contributed by atoms with van der Waals surface area (Å²) < 4.78 is 14.2. The van der Waals surface area contributed by atoms with Crippen molar-refractivity contribution < 1.29 is 14.3 Å². The first-order valence-electron chi connectivity index (χ1n) is 17.5. The van der Waals surface area contributed by atoms with Crippen LogP contribution in [-0.2, 0) is 40.8 Å². The molecule has 2 aliphatic heterocycles. The summed E-state index contributed by atoms with van der Waals surface area (Å²) in [6.07, 6.45) is 10.7. The third kappa shape index (κ3) is 6.95. The molecule has 4 aromatic heterocycles. The lowest BCUT2D eigenvalue weighted by Crippen LogP contribution is -2.60. The second-order valence-electron chi connectivity index (χ2n) is 13.5. The van der Waals surface area contributed by atoms with E-state index in [1.165, 1.54) is 38.0 Å². The van der Waals surface area contributed by atoms with E-state index in [9.17, 15) is 14.4 Å².